The standard InChI is InChI=1S/C19H23N3O3S/c1-11-6-15(18-21-22-19(26-18)20-8-14-4-5-14)7-12(2)17(11)24-10-16-9-23-13(3)25-16/h6-7,14,16H,3-5,8-10H2,1-2H3,(H,20,22)/t16-/m0/s1. The highest BCUT2D eigenvalue weighted by Gasteiger charge is 2.23. The van der Waals surface area contributed by atoms with Crippen LogP contribution in [0, 0.1) is 19.8 Å². The molecular formula is C19H23N3O3S. The van der Waals surface area contributed by atoms with Crippen molar-refractivity contribution in [2.75, 3.05) is 25.1 Å². The molecule has 1 aromatic heterocycles. The van der Waals surface area contributed by atoms with Crippen LogP contribution in [-0.4, -0.2) is 36.1 Å². The molecule has 4 rings (SSSR count). The fourth-order valence-corrected chi connectivity index (χ4v) is 3.70. The van der Waals surface area contributed by atoms with Crippen molar-refractivity contribution < 1.29 is 14.2 Å². The zero-order valence-corrected chi connectivity index (χ0v) is 15.9. The smallest absolute Gasteiger partial charge is 0.272 e. The number of aromatic nitrogens is 2. The summed E-state index contributed by atoms with van der Waals surface area (Å²) in [6.45, 7) is 9.66. The van der Waals surface area contributed by atoms with Crippen molar-refractivity contribution in [1.29, 1.82) is 0 Å². The Balaban J connectivity index is 1.43. The number of aryl methyl sites for hydroxylation is 2. The summed E-state index contributed by atoms with van der Waals surface area (Å²) in [5.74, 6) is 2.06. The van der Waals surface area contributed by atoms with Gasteiger partial charge in [0.15, 0.2) is 6.10 Å². The number of anilines is 1. The third-order valence-electron chi connectivity index (χ3n) is 4.51. The van der Waals surface area contributed by atoms with Crippen molar-refractivity contribution in [2.45, 2.75) is 32.8 Å². The van der Waals surface area contributed by atoms with Gasteiger partial charge >= 0.3 is 0 Å². The molecule has 1 aliphatic heterocycles. The zero-order valence-electron chi connectivity index (χ0n) is 15.1. The average molecular weight is 373 g/mol. The van der Waals surface area contributed by atoms with Crippen LogP contribution in [0.4, 0.5) is 5.13 Å². The van der Waals surface area contributed by atoms with E-state index in [-0.39, 0.29) is 6.10 Å². The molecule has 1 saturated carbocycles. The summed E-state index contributed by atoms with van der Waals surface area (Å²) in [7, 11) is 0. The Bertz CT molecular complexity index is 793. The topological polar surface area (TPSA) is 65.5 Å². The average Bonchev–Trinajstić information content (AvgIpc) is 3.15. The molecule has 0 radical (unpaired) electrons. The predicted molar refractivity (Wildman–Crippen MR) is 101 cm³/mol. The van der Waals surface area contributed by atoms with Crippen molar-refractivity contribution in [1.82, 2.24) is 10.2 Å². The Morgan fingerprint density at radius 3 is 2.69 bits per heavy atom. The van der Waals surface area contributed by atoms with Gasteiger partial charge in [0.1, 0.15) is 24.0 Å². The van der Waals surface area contributed by atoms with Gasteiger partial charge in [-0.25, -0.2) is 0 Å². The number of ether oxygens (including phenoxy) is 3. The van der Waals surface area contributed by atoms with Gasteiger partial charge in [0.2, 0.25) is 5.13 Å². The highest BCUT2D eigenvalue weighted by atomic mass is 32.1. The van der Waals surface area contributed by atoms with Crippen LogP contribution >= 0.6 is 11.3 Å². The Morgan fingerprint density at radius 2 is 2.04 bits per heavy atom. The first-order chi connectivity index (χ1) is 12.6. The highest BCUT2D eigenvalue weighted by molar-refractivity contribution is 7.18. The van der Waals surface area contributed by atoms with Crippen molar-refractivity contribution in [3.8, 4) is 16.3 Å². The van der Waals surface area contributed by atoms with Gasteiger partial charge in [-0.1, -0.05) is 11.3 Å². The van der Waals surface area contributed by atoms with Crippen molar-refractivity contribution in [2.24, 2.45) is 5.92 Å². The Morgan fingerprint density at radius 1 is 1.27 bits per heavy atom. The number of benzene rings is 1. The minimum Gasteiger partial charge on any atom is -0.489 e. The van der Waals surface area contributed by atoms with Gasteiger partial charge in [0.05, 0.1) is 0 Å². The minimum absolute atomic E-state index is 0.107. The molecule has 6 nitrogen and oxygen atoms in total. The molecule has 2 aliphatic rings. The summed E-state index contributed by atoms with van der Waals surface area (Å²) in [6.07, 6.45) is 2.54. The second kappa shape index (κ2) is 7.15. The molecule has 0 spiro atoms. The number of hydrogen-bond acceptors (Lipinski definition) is 7. The fourth-order valence-electron chi connectivity index (χ4n) is 2.96. The van der Waals surface area contributed by atoms with E-state index < -0.39 is 0 Å². The monoisotopic (exact) mass is 373 g/mol. The molecule has 0 amide bonds. The van der Waals surface area contributed by atoms with Crippen LogP contribution in [0.1, 0.15) is 24.0 Å². The first-order valence-electron chi connectivity index (χ1n) is 8.88. The summed E-state index contributed by atoms with van der Waals surface area (Å²) in [4.78, 5) is 0. The molecule has 7 heteroatoms. The van der Waals surface area contributed by atoms with Gasteiger partial charge in [0.25, 0.3) is 5.95 Å². The van der Waals surface area contributed by atoms with Crippen molar-refractivity contribution in [3.05, 3.63) is 35.8 Å². The van der Waals surface area contributed by atoms with Crippen LogP contribution < -0.4 is 10.1 Å². The molecule has 1 N–H and O–H groups in total. The zero-order chi connectivity index (χ0) is 18.1. The lowest BCUT2D eigenvalue weighted by molar-refractivity contribution is 0.103. The third-order valence-corrected chi connectivity index (χ3v) is 5.44. The molecule has 1 atom stereocenters. The minimum atomic E-state index is -0.107. The van der Waals surface area contributed by atoms with Crippen LogP contribution in [0.15, 0.2) is 24.7 Å². The molecule has 1 saturated heterocycles. The normalized spacial score (nSPS) is 19.2. The number of nitrogens with zero attached hydrogens (tertiary/aromatic N) is 2. The number of hydrogen-bond donors (Lipinski definition) is 1. The van der Waals surface area contributed by atoms with Gasteiger partial charge in [-0.15, -0.1) is 10.2 Å². The lowest BCUT2D eigenvalue weighted by Crippen LogP contribution is -2.20. The van der Waals surface area contributed by atoms with Crippen LogP contribution in [-0.2, 0) is 9.47 Å². The maximum atomic E-state index is 5.98. The first-order valence-corrected chi connectivity index (χ1v) is 9.70. The highest BCUT2D eigenvalue weighted by Crippen LogP contribution is 2.34. The maximum Gasteiger partial charge on any atom is 0.272 e. The molecule has 2 heterocycles. The second-order valence-corrected chi connectivity index (χ2v) is 7.89. The van der Waals surface area contributed by atoms with E-state index in [9.17, 15) is 0 Å². The van der Waals surface area contributed by atoms with Crippen molar-refractivity contribution in [3.63, 3.8) is 0 Å². The molecule has 1 aromatic carbocycles. The van der Waals surface area contributed by atoms with E-state index in [0.29, 0.717) is 19.2 Å². The largest absolute Gasteiger partial charge is 0.489 e. The summed E-state index contributed by atoms with van der Waals surface area (Å²) in [6, 6.07) is 4.19. The third kappa shape index (κ3) is 3.93. The van der Waals surface area contributed by atoms with E-state index >= 15 is 0 Å². The van der Waals surface area contributed by atoms with Gasteiger partial charge in [-0.2, -0.15) is 0 Å². The lowest BCUT2D eigenvalue weighted by Gasteiger charge is -2.15. The van der Waals surface area contributed by atoms with Crippen LogP contribution in [0.2, 0.25) is 0 Å². The van der Waals surface area contributed by atoms with Crippen LogP contribution in [0.3, 0.4) is 0 Å². The van der Waals surface area contributed by atoms with Gasteiger partial charge in [-0.3, -0.25) is 0 Å². The molecular weight excluding hydrogens is 350 g/mol. The van der Waals surface area contributed by atoms with E-state index in [1.807, 2.05) is 13.8 Å². The van der Waals surface area contributed by atoms with Gasteiger partial charge in [0, 0.05) is 12.1 Å². The van der Waals surface area contributed by atoms with Crippen LogP contribution in [0.5, 0.6) is 5.75 Å². The van der Waals surface area contributed by atoms with Crippen LogP contribution in [0.25, 0.3) is 10.6 Å². The summed E-state index contributed by atoms with van der Waals surface area (Å²) in [5.41, 5.74) is 3.21. The number of rotatable bonds is 7. The van der Waals surface area contributed by atoms with Gasteiger partial charge < -0.3 is 19.5 Å². The van der Waals surface area contributed by atoms with E-state index in [0.717, 1.165) is 45.0 Å². The quantitative estimate of drug-likeness (QED) is 0.794. The van der Waals surface area contributed by atoms with E-state index in [1.165, 1.54) is 12.8 Å². The van der Waals surface area contributed by atoms with E-state index in [4.69, 9.17) is 14.2 Å². The summed E-state index contributed by atoms with van der Waals surface area (Å²) in [5, 5.41) is 13.8. The molecule has 2 fully saturated rings. The molecule has 138 valence electrons. The molecule has 1 aliphatic carbocycles. The second-order valence-electron chi connectivity index (χ2n) is 6.91. The Kier molecular flexibility index (Phi) is 4.72. The molecule has 26 heavy (non-hydrogen) atoms. The molecule has 2 aromatic rings. The predicted octanol–water partition coefficient (Wildman–Crippen LogP) is 3.91. The molecule has 0 bridgehead atoms. The number of nitrogens with one attached hydrogen (secondary N) is 1. The van der Waals surface area contributed by atoms with Gasteiger partial charge in [-0.05, 0) is 62.4 Å². The summed E-state index contributed by atoms with van der Waals surface area (Å²) >= 11 is 1.59. The maximum absolute atomic E-state index is 5.98. The Labute approximate surface area is 157 Å². The van der Waals surface area contributed by atoms with Crippen molar-refractivity contribution >= 4 is 16.5 Å². The Hall–Kier alpha value is -2.28. The van der Waals surface area contributed by atoms with E-state index in [2.05, 4.69) is 34.2 Å². The first kappa shape index (κ1) is 17.1. The summed E-state index contributed by atoms with van der Waals surface area (Å²) < 4.78 is 16.6. The van der Waals surface area contributed by atoms with E-state index in [1.54, 1.807) is 11.3 Å². The lowest BCUT2D eigenvalue weighted by atomic mass is 10.1. The SMILES string of the molecule is C=C1OC[C@@H](COc2c(C)cc(-c3nnc(NCC4CC4)s3)cc2C)O1. The molecule has 0 unspecified atom stereocenters. The fraction of sp³-hybridized carbons (Fsp3) is 0.474.